The summed E-state index contributed by atoms with van der Waals surface area (Å²) in [4.78, 5) is 13.8. The molecule has 1 heterocycles. The topological polar surface area (TPSA) is 44.4 Å². The van der Waals surface area contributed by atoms with Crippen LogP contribution >= 0.6 is 0 Å². The van der Waals surface area contributed by atoms with Crippen LogP contribution in [0.15, 0.2) is 24.3 Å². The first-order valence-corrected chi connectivity index (χ1v) is 7.65. The Labute approximate surface area is 125 Å². The molecule has 2 rings (SSSR count). The molecule has 0 aromatic heterocycles. The van der Waals surface area contributed by atoms with Crippen LogP contribution in [0.25, 0.3) is 0 Å². The number of piperidine rings is 1. The van der Waals surface area contributed by atoms with E-state index < -0.39 is 0 Å². The Kier molecular flexibility index (Phi) is 5.99. The quantitative estimate of drug-likeness (QED) is 0.788. The van der Waals surface area contributed by atoms with E-state index in [2.05, 4.69) is 10.6 Å². The number of halogens is 1. The molecular formula is C16H24FN3O. The van der Waals surface area contributed by atoms with Gasteiger partial charge in [0.2, 0.25) is 5.91 Å². The van der Waals surface area contributed by atoms with Crippen LogP contribution in [0.5, 0.6) is 0 Å². The fraction of sp³-hybridized carbons (Fsp3) is 0.562. The van der Waals surface area contributed by atoms with Gasteiger partial charge in [-0.3, -0.25) is 4.79 Å². The highest BCUT2D eigenvalue weighted by Gasteiger charge is 2.19. The van der Waals surface area contributed by atoms with Crippen LogP contribution in [-0.2, 0) is 4.79 Å². The smallest absolute Gasteiger partial charge is 0.237 e. The molecular weight excluding hydrogens is 269 g/mol. The van der Waals surface area contributed by atoms with Crippen LogP contribution in [0.4, 0.5) is 10.1 Å². The van der Waals surface area contributed by atoms with E-state index in [-0.39, 0.29) is 17.8 Å². The van der Waals surface area contributed by atoms with Gasteiger partial charge in [-0.15, -0.1) is 0 Å². The normalized spacial score (nSPS) is 18.3. The lowest BCUT2D eigenvalue weighted by Crippen LogP contribution is -2.47. The number of carbonyl (C=O) groups is 1. The molecule has 0 unspecified atom stereocenters. The second-order valence-corrected chi connectivity index (χ2v) is 5.52. The molecule has 0 radical (unpaired) electrons. The third kappa shape index (κ3) is 4.70. The number of rotatable bonds is 6. The molecule has 0 bridgehead atoms. The van der Waals surface area contributed by atoms with E-state index in [1.54, 1.807) is 12.1 Å². The van der Waals surface area contributed by atoms with Crippen molar-refractivity contribution in [1.29, 1.82) is 0 Å². The van der Waals surface area contributed by atoms with Gasteiger partial charge in [0.15, 0.2) is 0 Å². The number of anilines is 1. The molecule has 1 aromatic carbocycles. The van der Waals surface area contributed by atoms with E-state index in [0.717, 1.165) is 32.2 Å². The second-order valence-electron chi connectivity index (χ2n) is 5.52. The number of amides is 1. The van der Waals surface area contributed by atoms with Crippen molar-refractivity contribution >= 4 is 11.6 Å². The first-order valence-electron chi connectivity index (χ1n) is 7.65. The van der Waals surface area contributed by atoms with Crippen molar-refractivity contribution < 1.29 is 9.18 Å². The van der Waals surface area contributed by atoms with E-state index in [9.17, 15) is 9.18 Å². The van der Waals surface area contributed by atoms with E-state index in [0.29, 0.717) is 18.8 Å². The lowest BCUT2D eigenvalue weighted by Gasteiger charge is -2.23. The molecule has 0 spiro atoms. The summed E-state index contributed by atoms with van der Waals surface area (Å²) in [6, 6.07) is 6.70. The number of carbonyl (C=O) groups excluding carboxylic acids is 1. The van der Waals surface area contributed by atoms with Crippen LogP contribution in [0.2, 0.25) is 0 Å². The Hall–Kier alpha value is -1.62. The minimum Gasteiger partial charge on any atom is -0.372 e. The van der Waals surface area contributed by atoms with E-state index in [4.69, 9.17) is 0 Å². The van der Waals surface area contributed by atoms with Crippen LogP contribution in [0, 0.1) is 5.82 Å². The maximum Gasteiger partial charge on any atom is 0.237 e. The molecule has 0 aliphatic carbocycles. The number of nitrogens with one attached hydrogen (secondary N) is 2. The number of hydrogen-bond acceptors (Lipinski definition) is 3. The molecule has 5 heteroatoms. The lowest BCUT2D eigenvalue weighted by atomic mass is 10.0. The molecule has 1 fully saturated rings. The van der Waals surface area contributed by atoms with Gasteiger partial charge in [-0.25, -0.2) is 4.39 Å². The van der Waals surface area contributed by atoms with E-state index in [1.165, 1.54) is 6.07 Å². The van der Waals surface area contributed by atoms with Gasteiger partial charge in [0.05, 0.1) is 11.7 Å². The molecule has 1 aliphatic rings. The molecule has 1 aromatic rings. The summed E-state index contributed by atoms with van der Waals surface area (Å²) in [5.41, 5.74) is 0.595. The standard InChI is InChI=1S/C16H24FN3O/c1-20(15-9-3-2-7-13(15)17)12-6-11-19-16(21)14-8-4-5-10-18-14/h2-3,7,9,14,18H,4-6,8,10-12H2,1H3,(H,19,21)/t14-/m1/s1. The average Bonchev–Trinajstić information content (AvgIpc) is 2.52. The summed E-state index contributed by atoms with van der Waals surface area (Å²) < 4.78 is 13.6. The molecule has 21 heavy (non-hydrogen) atoms. The largest absolute Gasteiger partial charge is 0.372 e. The van der Waals surface area contributed by atoms with Gasteiger partial charge in [0, 0.05) is 20.1 Å². The van der Waals surface area contributed by atoms with Gasteiger partial charge in [-0.1, -0.05) is 18.6 Å². The number of hydrogen-bond donors (Lipinski definition) is 2. The molecule has 1 atom stereocenters. The highest BCUT2D eigenvalue weighted by Crippen LogP contribution is 2.16. The van der Waals surface area contributed by atoms with Crippen molar-refractivity contribution in [2.45, 2.75) is 31.7 Å². The van der Waals surface area contributed by atoms with Crippen LogP contribution in [-0.4, -0.2) is 38.6 Å². The van der Waals surface area contributed by atoms with Gasteiger partial charge in [0.1, 0.15) is 5.82 Å². The van der Waals surface area contributed by atoms with Crippen LogP contribution in [0.3, 0.4) is 0 Å². The summed E-state index contributed by atoms with van der Waals surface area (Å²) >= 11 is 0. The summed E-state index contributed by atoms with van der Waals surface area (Å²) in [5, 5.41) is 6.18. The van der Waals surface area contributed by atoms with Crippen molar-refractivity contribution in [3.63, 3.8) is 0 Å². The summed E-state index contributed by atoms with van der Waals surface area (Å²) in [6.07, 6.45) is 3.97. The molecule has 4 nitrogen and oxygen atoms in total. The van der Waals surface area contributed by atoms with E-state index >= 15 is 0 Å². The highest BCUT2D eigenvalue weighted by molar-refractivity contribution is 5.81. The first kappa shape index (κ1) is 15.8. The Bertz CT molecular complexity index is 461. The lowest BCUT2D eigenvalue weighted by molar-refractivity contribution is -0.123. The zero-order valence-corrected chi connectivity index (χ0v) is 12.6. The minimum absolute atomic E-state index is 0.0388. The predicted octanol–water partition coefficient (Wildman–Crippen LogP) is 1.91. The minimum atomic E-state index is -0.213. The van der Waals surface area contributed by atoms with Crippen LogP contribution in [0.1, 0.15) is 25.7 Å². The fourth-order valence-corrected chi connectivity index (χ4v) is 2.61. The van der Waals surface area contributed by atoms with Gasteiger partial charge in [0.25, 0.3) is 0 Å². The third-order valence-electron chi connectivity index (χ3n) is 3.86. The zero-order valence-electron chi connectivity index (χ0n) is 12.6. The van der Waals surface area contributed by atoms with E-state index in [1.807, 2.05) is 18.0 Å². The maximum absolute atomic E-state index is 13.6. The van der Waals surface area contributed by atoms with Crippen molar-refractivity contribution in [3.05, 3.63) is 30.1 Å². The molecule has 1 amide bonds. The zero-order chi connectivity index (χ0) is 15.1. The van der Waals surface area contributed by atoms with Crippen molar-refractivity contribution in [3.8, 4) is 0 Å². The van der Waals surface area contributed by atoms with Crippen LogP contribution < -0.4 is 15.5 Å². The molecule has 0 saturated carbocycles. The van der Waals surface area contributed by atoms with Crippen molar-refractivity contribution in [2.24, 2.45) is 0 Å². The molecule has 1 aliphatic heterocycles. The summed E-state index contributed by atoms with van der Waals surface area (Å²) in [7, 11) is 1.86. The fourth-order valence-electron chi connectivity index (χ4n) is 2.61. The van der Waals surface area contributed by atoms with Gasteiger partial charge >= 0.3 is 0 Å². The van der Waals surface area contributed by atoms with Gasteiger partial charge < -0.3 is 15.5 Å². The van der Waals surface area contributed by atoms with Crippen molar-refractivity contribution in [2.75, 3.05) is 31.6 Å². The maximum atomic E-state index is 13.6. The summed E-state index contributed by atoms with van der Waals surface area (Å²) in [6.45, 7) is 2.25. The first-order chi connectivity index (χ1) is 10.2. The Morgan fingerprint density at radius 3 is 2.95 bits per heavy atom. The Balaban J connectivity index is 1.67. The number of para-hydroxylation sites is 1. The predicted molar refractivity (Wildman–Crippen MR) is 82.9 cm³/mol. The summed E-state index contributed by atoms with van der Waals surface area (Å²) in [5.74, 6) is -0.126. The van der Waals surface area contributed by atoms with Gasteiger partial charge in [-0.2, -0.15) is 0 Å². The Morgan fingerprint density at radius 2 is 2.24 bits per heavy atom. The SMILES string of the molecule is CN(CCCNC(=O)[C@H]1CCCCN1)c1ccccc1F. The van der Waals surface area contributed by atoms with Crippen molar-refractivity contribution in [1.82, 2.24) is 10.6 Å². The van der Waals surface area contributed by atoms with Gasteiger partial charge in [-0.05, 0) is 37.9 Å². The Morgan fingerprint density at radius 1 is 1.43 bits per heavy atom. The average molecular weight is 293 g/mol. The molecule has 1 saturated heterocycles. The third-order valence-corrected chi connectivity index (χ3v) is 3.86. The molecule has 116 valence electrons. The highest BCUT2D eigenvalue weighted by atomic mass is 19.1. The number of benzene rings is 1. The number of nitrogens with zero attached hydrogens (tertiary/aromatic N) is 1. The monoisotopic (exact) mass is 293 g/mol. The molecule has 2 N–H and O–H groups in total. The second kappa shape index (κ2) is 7.98.